The lowest BCUT2D eigenvalue weighted by atomic mass is 10.0. The van der Waals surface area contributed by atoms with Gasteiger partial charge in [0, 0.05) is 12.8 Å². The van der Waals surface area contributed by atoms with Crippen LogP contribution < -0.4 is 5.11 Å². The summed E-state index contributed by atoms with van der Waals surface area (Å²) in [5.74, 6) is -2.30. The quantitative estimate of drug-likeness (QED) is 0.0198. The van der Waals surface area contributed by atoms with Crippen LogP contribution in [0.5, 0.6) is 0 Å². The summed E-state index contributed by atoms with van der Waals surface area (Å²) in [7, 11) is 5.90. The first-order valence-electron chi connectivity index (χ1n) is 22.6. The maximum Gasteiger partial charge on any atom is 0.306 e. The smallest absolute Gasteiger partial charge is 0.306 e. The Morgan fingerprint density at radius 1 is 0.536 bits per heavy atom. The van der Waals surface area contributed by atoms with E-state index in [1.165, 1.54) is 83.5 Å². The molecule has 0 aliphatic carbocycles. The molecule has 0 heterocycles. The Morgan fingerprint density at radius 2 is 0.964 bits per heavy atom. The number of carbonyl (C=O) groups is 3. The van der Waals surface area contributed by atoms with E-state index >= 15 is 0 Å². The summed E-state index contributed by atoms with van der Waals surface area (Å²) >= 11 is 0. The predicted molar refractivity (Wildman–Crippen MR) is 228 cm³/mol. The van der Waals surface area contributed by atoms with Crippen LogP contribution in [0.25, 0.3) is 0 Å². The zero-order valence-electron chi connectivity index (χ0n) is 36.8. The Hall–Kier alpha value is -2.49. The number of unbranched alkanes of at least 4 members (excludes halogenated alkanes) is 20. The monoisotopic (exact) mass is 792 g/mol. The van der Waals surface area contributed by atoms with Crippen molar-refractivity contribution in [3.05, 3.63) is 36.5 Å². The minimum atomic E-state index is -1.62. The lowest BCUT2D eigenvalue weighted by Crippen LogP contribution is -2.44. The molecular weight excluding hydrogens is 707 g/mol. The van der Waals surface area contributed by atoms with Crippen LogP contribution in [0.4, 0.5) is 0 Å². The second-order valence-corrected chi connectivity index (χ2v) is 16.3. The fourth-order valence-electron chi connectivity index (χ4n) is 6.07. The molecule has 2 unspecified atom stereocenters. The first kappa shape index (κ1) is 53.5. The molecule has 0 N–H and O–H groups in total. The van der Waals surface area contributed by atoms with Crippen LogP contribution >= 0.6 is 0 Å². The van der Waals surface area contributed by atoms with Gasteiger partial charge in [0.25, 0.3) is 0 Å². The molecule has 0 spiro atoms. The van der Waals surface area contributed by atoms with E-state index in [2.05, 4.69) is 50.3 Å². The number of allylic oxidation sites excluding steroid dienone is 6. The maximum atomic E-state index is 12.7. The van der Waals surface area contributed by atoms with E-state index in [9.17, 15) is 19.5 Å². The Morgan fingerprint density at radius 3 is 1.46 bits per heavy atom. The molecule has 0 amide bonds. The highest BCUT2D eigenvalue weighted by Crippen LogP contribution is 2.14. The molecule has 9 heteroatoms. The maximum absolute atomic E-state index is 12.7. The van der Waals surface area contributed by atoms with E-state index < -0.39 is 24.3 Å². The van der Waals surface area contributed by atoms with Gasteiger partial charge in [0.2, 0.25) is 0 Å². The van der Waals surface area contributed by atoms with E-state index in [-0.39, 0.29) is 32.2 Å². The van der Waals surface area contributed by atoms with E-state index in [1.54, 1.807) is 0 Å². The third-order valence-electron chi connectivity index (χ3n) is 9.64. The summed E-state index contributed by atoms with van der Waals surface area (Å²) in [6.45, 7) is 4.69. The average Bonchev–Trinajstić information content (AvgIpc) is 3.15. The zero-order valence-corrected chi connectivity index (χ0v) is 36.8. The van der Waals surface area contributed by atoms with E-state index in [0.717, 1.165) is 70.6 Å². The van der Waals surface area contributed by atoms with Crippen LogP contribution in [0, 0.1) is 0 Å². The third-order valence-corrected chi connectivity index (χ3v) is 9.64. The van der Waals surface area contributed by atoms with Gasteiger partial charge >= 0.3 is 11.9 Å². The van der Waals surface area contributed by atoms with Crippen molar-refractivity contribution >= 4 is 17.9 Å². The first-order chi connectivity index (χ1) is 27.1. The molecule has 0 bridgehead atoms. The van der Waals surface area contributed by atoms with Gasteiger partial charge in [0.05, 0.1) is 40.3 Å². The largest absolute Gasteiger partial charge is 0.545 e. The number of rotatable bonds is 41. The highest BCUT2D eigenvalue weighted by atomic mass is 16.7. The van der Waals surface area contributed by atoms with E-state index in [4.69, 9.17) is 18.9 Å². The molecule has 0 aromatic rings. The molecular formula is C47H85NO8. The molecule has 0 aromatic heterocycles. The number of quaternary nitrogens is 1. The van der Waals surface area contributed by atoms with Crippen molar-refractivity contribution in [2.75, 3.05) is 47.5 Å². The van der Waals surface area contributed by atoms with E-state index in [1.807, 2.05) is 21.1 Å². The van der Waals surface area contributed by atoms with Gasteiger partial charge in [-0.3, -0.25) is 9.59 Å². The molecule has 0 fully saturated rings. The first-order valence-corrected chi connectivity index (χ1v) is 22.6. The number of carbonyl (C=O) groups excluding carboxylic acids is 3. The van der Waals surface area contributed by atoms with Gasteiger partial charge in [-0.05, 0) is 51.4 Å². The summed E-state index contributed by atoms with van der Waals surface area (Å²) in [4.78, 5) is 36.9. The fourth-order valence-corrected chi connectivity index (χ4v) is 6.07. The molecule has 0 aliphatic heterocycles. The van der Waals surface area contributed by atoms with Gasteiger partial charge in [-0.15, -0.1) is 0 Å². The third kappa shape index (κ3) is 39.7. The number of ether oxygens (including phenoxy) is 4. The molecule has 0 saturated heterocycles. The van der Waals surface area contributed by atoms with Crippen LogP contribution in [-0.4, -0.2) is 82.3 Å². The van der Waals surface area contributed by atoms with Crippen LogP contribution in [0.1, 0.15) is 187 Å². The fraction of sp³-hybridized carbons (Fsp3) is 0.809. The van der Waals surface area contributed by atoms with Crippen molar-refractivity contribution in [2.24, 2.45) is 0 Å². The van der Waals surface area contributed by atoms with Crippen LogP contribution in [0.15, 0.2) is 36.5 Å². The van der Waals surface area contributed by atoms with Gasteiger partial charge < -0.3 is 33.3 Å². The molecule has 0 aromatic carbocycles. The highest BCUT2D eigenvalue weighted by molar-refractivity contribution is 5.70. The second kappa shape index (κ2) is 39.3. The van der Waals surface area contributed by atoms with Gasteiger partial charge in [0.1, 0.15) is 13.2 Å². The van der Waals surface area contributed by atoms with Gasteiger partial charge in [-0.2, -0.15) is 0 Å². The number of hydrogen-bond acceptors (Lipinski definition) is 8. The number of carboxylic acids is 1. The molecule has 0 radical (unpaired) electrons. The Kier molecular flexibility index (Phi) is 37.6. The molecule has 0 rings (SSSR count). The lowest BCUT2D eigenvalue weighted by molar-refractivity contribution is -0.870. The number of nitrogens with zero attached hydrogens (tertiary/aromatic N) is 1. The van der Waals surface area contributed by atoms with Crippen molar-refractivity contribution < 1.29 is 42.9 Å². The number of carboxylic acid groups (broad SMARTS) is 1. The average molecular weight is 792 g/mol. The van der Waals surface area contributed by atoms with Gasteiger partial charge in [0.15, 0.2) is 12.4 Å². The van der Waals surface area contributed by atoms with Crippen LogP contribution in [0.2, 0.25) is 0 Å². The summed E-state index contributed by atoms with van der Waals surface area (Å²) < 4.78 is 22.5. The summed E-state index contributed by atoms with van der Waals surface area (Å²) in [6.07, 6.45) is 40.2. The zero-order chi connectivity index (χ0) is 41.4. The van der Waals surface area contributed by atoms with Crippen LogP contribution in [0.3, 0.4) is 0 Å². The summed E-state index contributed by atoms with van der Waals surface area (Å²) in [5.41, 5.74) is 0. The normalized spacial score (nSPS) is 13.2. The van der Waals surface area contributed by atoms with Crippen molar-refractivity contribution in [3.8, 4) is 0 Å². The molecule has 0 saturated carbocycles. The number of likely N-dealkylation sites (N-methyl/N-ethyl adjacent to an activating group) is 1. The van der Waals surface area contributed by atoms with E-state index in [0.29, 0.717) is 23.9 Å². The summed E-state index contributed by atoms with van der Waals surface area (Å²) in [5, 5.41) is 11.7. The minimum Gasteiger partial charge on any atom is -0.545 e. The van der Waals surface area contributed by atoms with Crippen molar-refractivity contribution in [3.63, 3.8) is 0 Å². The van der Waals surface area contributed by atoms with Crippen molar-refractivity contribution in [1.82, 2.24) is 0 Å². The van der Waals surface area contributed by atoms with Crippen molar-refractivity contribution in [2.45, 2.75) is 200 Å². The topological polar surface area (TPSA) is 111 Å². The Labute approximate surface area is 343 Å². The SMILES string of the molecule is CCCCC/C=C\C/C=C\C/C=C\CCCCCCCCC(=O)OC(COC(=O)CCCCCCCCCCCCCC)COC(OCC[N+](C)(C)C)C(=O)[O-]. The van der Waals surface area contributed by atoms with Gasteiger partial charge in [-0.25, -0.2) is 0 Å². The van der Waals surface area contributed by atoms with Gasteiger partial charge in [-0.1, -0.05) is 159 Å². The standard InChI is InChI=1S/C47H85NO8/c1-6-8-10-12-14-16-18-20-21-22-23-24-25-26-28-30-32-34-36-38-45(50)56-43(42-55-47(46(51)52)53-40-39-48(3,4)5)41-54-44(49)37-35-33-31-29-27-19-17-15-13-11-9-7-2/h14,16,20-21,23-24,43,47H,6-13,15,17-19,22,25-42H2,1-5H3/b16-14-,21-20-,24-23-. The molecule has 9 nitrogen and oxygen atoms in total. The molecule has 2 atom stereocenters. The Bertz CT molecular complexity index is 1020. The number of hydrogen-bond donors (Lipinski definition) is 0. The minimum absolute atomic E-state index is 0.145. The van der Waals surface area contributed by atoms with Crippen LogP contribution in [-0.2, 0) is 33.3 Å². The van der Waals surface area contributed by atoms with Crippen molar-refractivity contribution in [1.29, 1.82) is 0 Å². The Balaban J connectivity index is 4.44. The molecule has 56 heavy (non-hydrogen) atoms. The number of aliphatic carboxylic acids is 1. The summed E-state index contributed by atoms with van der Waals surface area (Å²) in [6, 6.07) is 0. The lowest BCUT2D eigenvalue weighted by Gasteiger charge is -2.26. The predicted octanol–water partition coefficient (Wildman–Crippen LogP) is 10.5. The number of esters is 2. The highest BCUT2D eigenvalue weighted by Gasteiger charge is 2.21. The second-order valence-electron chi connectivity index (χ2n) is 16.3. The molecule has 326 valence electrons. The molecule has 0 aliphatic rings.